The van der Waals surface area contributed by atoms with Crippen LogP contribution in [0.1, 0.15) is 38.8 Å². The first kappa shape index (κ1) is 16.0. The van der Waals surface area contributed by atoms with E-state index in [0.29, 0.717) is 0 Å². The Balaban J connectivity index is 3.11. The predicted molar refractivity (Wildman–Crippen MR) is 81.8 cm³/mol. The van der Waals surface area contributed by atoms with Crippen molar-refractivity contribution in [2.24, 2.45) is 0 Å². The molecule has 1 aromatic rings. The monoisotopic (exact) mass is 264 g/mol. The van der Waals surface area contributed by atoms with Gasteiger partial charge in [-0.25, -0.2) is 0 Å². The number of para-hydroxylation sites is 1. The molecule has 0 aromatic heterocycles. The summed E-state index contributed by atoms with van der Waals surface area (Å²) >= 11 is 0. The predicted octanol–water partition coefficient (Wildman–Crippen LogP) is 3.08. The third-order valence-corrected chi connectivity index (χ3v) is 3.84. The van der Waals surface area contributed by atoms with Gasteiger partial charge >= 0.3 is 0 Å². The molecule has 1 unspecified atom stereocenters. The quantitative estimate of drug-likeness (QED) is 0.819. The third-order valence-electron chi connectivity index (χ3n) is 3.84. The normalized spacial score (nSPS) is 13.6. The van der Waals surface area contributed by atoms with Gasteiger partial charge in [0.25, 0.3) is 0 Å². The zero-order valence-corrected chi connectivity index (χ0v) is 13.2. The summed E-state index contributed by atoms with van der Waals surface area (Å²) in [6.45, 7) is 7.37. The largest absolute Gasteiger partial charge is 0.493 e. The smallest absolute Gasteiger partial charge is 0.124 e. The van der Waals surface area contributed by atoms with Crippen LogP contribution in [0.3, 0.4) is 0 Å². The van der Waals surface area contributed by atoms with Gasteiger partial charge in [0.1, 0.15) is 5.75 Å². The molecule has 0 saturated heterocycles. The molecular formula is C16H28N2O. The van der Waals surface area contributed by atoms with E-state index >= 15 is 0 Å². The second kappa shape index (κ2) is 6.92. The van der Waals surface area contributed by atoms with Crippen LogP contribution in [0.4, 0.5) is 0 Å². The lowest BCUT2D eigenvalue weighted by atomic mass is 9.87. The highest BCUT2D eigenvalue weighted by Crippen LogP contribution is 2.34. The van der Waals surface area contributed by atoms with Gasteiger partial charge in [0.2, 0.25) is 0 Å². The highest BCUT2D eigenvalue weighted by atomic mass is 16.5. The van der Waals surface area contributed by atoms with E-state index in [0.717, 1.165) is 18.8 Å². The Morgan fingerprint density at radius 1 is 1.26 bits per heavy atom. The topological polar surface area (TPSA) is 24.5 Å². The minimum atomic E-state index is 0.000425. The summed E-state index contributed by atoms with van der Waals surface area (Å²) in [5.74, 6) is 0.985. The van der Waals surface area contributed by atoms with Crippen molar-refractivity contribution in [1.29, 1.82) is 0 Å². The molecule has 1 rings (SSSR count). The van der Waals surface area contributed by atoms with Crippen LogP contribution in [0.2, 0.25) is 0 Å². The molecule has 1 N–H and O–H groups in total. The Bertz CT molecular complexity index is 388. The Hall–Kier alpha value is -1.06. The van der Waals surface area contributed by atoms with Crippen LogP contribution in [0.5, 0.6) is 5.75 Å². The maximum absolute atomic E-state index is 5.89. The first-order valence-electron chi connectivity index (χ1n) is 7.01. The van der Waals surface area contributed by atoms with E-state index in [1.165, 1.54) is 5.56 Å². The lowest BCUT2D eigenvalue weighted by Gasteiger charge is -2.40. The minimum absolute atomic E-state index is 0.000425. The Morgan fingerprint density at radius 2 is 1.89 bits per heavy atom. The molecule has 19 heavy (non-hydrogen) atoms. The van der Waals surface area contributed by atoms with E-state index in [1.807, 2.05) is 13.1 Å². The Labute approximate surface area is 118 Å². The summed E-state index contributed by atoms with van der Waals surface area (Å²) in [6.07, 6.45) is 1.02. The molecule has 3 nitrogen and oxygen atoms in total. The van der Waals surface area contributed by atoms with E-state index in [9.17, 15) is 0 Å². The molecule has 1 aromatic carbocycles. The summed E-state index contributed by atoms with van der Waals surface area (Å²) in [4.78, 5) is 2.24. The molecular weight excluding hydrogens is 236 g/mol. The van der Waals surface area contributed by atoms with Gasteiger partial charge in [-0.1, -0.05) is 25.1 Å². The van der Waals surface area contributed by atoms with Gasteiger partial charge in [-0.05, 0) is 47.5 Å². The summed E-state index contributed by atoms with van der Waals surface area (Å²) in [7, 11) is 6.23. The second-order valence-corrected chi connectivity index (χ2v) is 5.66. The van der Waals surface area contributed by atoms with Crippen LogP contribution >= 0.6 is 0 Å². The van der Waals surface area contributed by atoms with Crippen molar-refractivity contribution in [3.05, 3.63) is 29.8 Å². The van der Waals surface area contributed by atoms with E-state index in [-0.39, 0.29) is 11.6 Å². The number of nitrogens with zero attached hydrogens (tertiary/aromatic N) is 1. The molecule has 0 spiro atoms. The zero-order chi connectivity index (χ0) is 14.5. The first-order valence-corrected chi connectivity index (χ1v) is 7.01. The lowest BCUT2D eigenvalue weighted by Crippen LogP contribution is -2.48. The number of benzene rings is 1. The van der Waals surface area contributed by atoms with E-state index < -0.39 is 0 Å². The number of likely N-dealkylation sites (N-methyl/N-ethyl adjacent to an activating group) is 2. The van der Waals surface area contributed by atoms with Gasteiger partial charge in [0, 0.05) is 11.1 Å². The zero-order valence-electron chi connectivity index (χ0n) is 13.2. The fourth-order valence-corrected chi connectivity index (χ4v) is 2.21. The van der Waals surface area contributed by atoms with Gasteiger partial charge in [0.05, 0.1) is 12.6 Å². The minimum Gasteiger partial charge on any atom is -0.493 e. The first-order chi connectivity index (χ1) is 8.95. The second-order valence-electron chi connectivity index (χ2n) is 5.66. The van der Waals surface area contributed by atoms with Crippen LogP contribution < -0.4 is 10.1 Å². The van der Waals surface area contributed by atoms with Gasteiger partial charge in [-0.15, -0.1) is 0 Å². The number of nitrogens with one attached hydrogen (secondary N) is 1. The van der Waals surface area contributed by atoms with Gasteiger partial charge < -0.3 is 15.0 Å². The Kier molecular flexibility index (Phi) is 5.83. The molecule has 0 fully saturated rings. The molecule has 108 valence electrons. The van der Waals surface area contributed by atoms with Crippen LogP contribution in [-0.4, -0.2) is 38.2 Å². The van der Waals surface area contributed by atoms with Crippen molar-refractivity contribution in [2.75, 3.05) is 27.7 Å². The standard InChI is InChI=1S/C16H28N2O/c1-7-12-19-14-11-9-8-10-13(14)15(17-4)16(2,3)18(5)6/h8-11,15,17H,7,12H2,1-6H3. The number of hydrogen-bond donors (Lipinski definition) is 1. The van der Waals surface area contributed by atoms with Crippen molar-refractivity contribution >= 4 is 0 Å². The average molecular weight is 264 g/mol. The summed E-state index contributed by atoms with van der Waals surface area (Å²) in [6, 6.07) is 8.53. The van der Waals surface area contributed by atoms with E-state index in [1.54, 1.807) is 0 Å². The molecule has 3 heteroatoms. The van der Waals surface area contributed by atoms with Crippen LogP contribution in [0.25, 0.3) is 0 Å². The summed E-state index contributed by atoms with van der Waals surface area (Å²) < 4.78 is 5.89. The molecule has 0 aliphatic carbocycles. The summed E-state index contributed by atoms with van der Waals surface area (Å²) in [5.41, 5.74) is 1.22. The molecule has 0 heterocycles. The molecule has 0 saturated carbocycles. The fourth-order valence-electron chi connectivity index (χ4n) is 2.21. The number of hydrogen-bond acceptors (Lipinski definition) is 3. The van der Waals surface area contributed by atoms with Crippen molar-refractivity contribution in [3.63, 3.8) is 0 Å². The molecule has 1 atom stereocenters. The average Bonchev–Trinajstić information content (AvgIpc) is 2.38. The lowest BCUT2D eigenvalue weighted by molar-refractivity contribution is 0.140. The maximum atomic E-state index is 5.89. The van der Waals surface area contributed by atoms with Crippen LogP contribution in [0.15, 0.2) is 24.3 Å². The number of ether oxygens (including phenoxy) is 1. The Morgan fingerprint density at radius 3 is 2.42 bits per heavy atom. The van der Waals surface area contributed by atoms with Gasteiger partial charge in [-0.3, -0.25) is 0 Å². The highest BCUT2D eigenvalue weighted by Gasteiger charge is 2.33. The molecule has 0 amide bonds. The van der Waals surface area contributed by atoms with E-state index in [2.05, 4.69) is 63.3 Å². The van der Waals surface area contributed by atoms with Gasteiger partial charge in [0.15, 0.2) is 0 Å². The number of rotatable bonds is 7. The van der Waals surface area contributed by atoms with Gasteiger partial charge in [-0.2, -0.15) is 0 Å². The summed E-state index contributed by atoms with van der Waals surface area (Å²) in [5, 5.41) is 3.44. The van der Waals surface area contributed by atoms with Crippen LogP contribution in [0, 0.1) is 0 Å². The highest BCUT2D eigenvalue weighted by molar-refractivity contribution is 5.37. The van der Waals surface area contributed by atoms with E-state index in [4.69, 9.17) is 4.74 Å². The molecule has 0 aliphatic rings. The fraction of sp³-hybridized carbons (Fsp3) is 0.625. The SMILES string of the molecule is CCCOc1ccccc1C(NC)C(C)(C)N(C)C. The molecule has 0 radical (unpaired) electrons. The third kappa shape index (κ3) is 3.71. The van der Waals surface area contributed by atoms with Crippen LogP contribution in [-0.2, 0) is 0 Å². The van der Waals surface area contributed by atoms with Crippen molar-refractivity contribution in [2.45, 2.75) is 38.8 Å². The molecule has 0 aliphatic heterocycles. The maximum Gasteiger partial charge on any atom is 0.124 e. The van der Waals surface area contributed by atoms with Crippen molar-refractivity contribution in [1.82, 2.24) is 10.2 Å². The molecule has 0 bridgehead atoms. The van der Waals surface area contributed by atoms with Crippen molar-refractivity contribution in [3.8, 4) is 5.75 Å². The van der Waals surface area contributed by atoms with Crippen molar-refractivity contribution < 1.29 is 4.74 Å².